The van der Waals surface area contributed by atoms with E-state index in [4.69, 9.17) is 14.2 Å². The number of hydrogen-bond donors (Lipinski definition) is 1. The first kappa shape index (κ1) is 17.2. The molecule has 0 aliphatic carbocycles. The van der Waals surface area contributed by atoms with Crippen molar-refractivity contribution >= 4 is 11.8 Å². The molecule has 3 atom stereocenters. The zero-order chi connectivity index (χ0) is 15.9. The number of amides is 2. The zero-order valence-electron chi connectivity index (χ0n) is 13.4. The number of ether oxygens (including phenoxy) is 3. The number of carbonyl (C=O) groups is 2. The minimum atomic E-state index is 0.0141. The van der Waals surface area contributed by atoms with Crippen LogP contribution in [-0.2, 0) is 23.8 Å². The Kier molecular flexibility index (Phi) is 6.60. The summed E-state index contributed by atoms with van der Waals surface area (Å²) < 4.78 is 15.5. The maximum absolute atomic E-state index is 12.0. The SMILES string of the molecule is COCCNC(=O)C[C@@H]1COC[C@H]2CN(C(=O)COC)C[C@H]12. The molecule has 0 saturated carbocycles. The summed E-state index contributed by atoms with van der Waals surface area (Å²) in [4.78, 5) is 25.8. The first-order valence-electron chi connectivity index (χ1n) is 7.75. The highest BCUT2D eigenvalue weighted by Crippen LogP contribution is 2.35. The Balaban J connectivity index is 1.85. The third-order valence-electron chi connectivity index (χ3n) is 4.46. The molecular weight excluding hydrogens is 288 g/mol. The van der Waals surface area contributed by atoms with Gasteiger partial charge in [-0.1, -0.05) is 0 Å². The lowest BCUT2D eigenvalue weighted by Crippen LogP contribution is -2.39. The number of fused-ring (bicyclic) bond motifs is 1. The Morgan fingerprint density at radius 1 is 1.23 bits per heavy atom. The zero-order valence-corrected chi connectivity index (χ0v) is 13.4. The van der Waals surface area contributed by atoms with E-state index in [2.05, 4.69) is 5.32 Å². The molecule has 0 bridgehead atoms. The van der Waals surface area contributed by atoms with E-state index in [9.17, 15) is 9.59 Å². The molecule has 0 aromatic heterocycles. The van der Waals surface area contributed by atoms with Crippen molar-refractivity contribution in [3.05, 3.63) is 0 Å². The Hall–Kier alpha value is -1.18. The summed E-state index contributed by atoms with van der Waals surface area (Å²) in [6.07, 6.45) is 0.442. The quantitative estimate of drug-likeness (QED) is 0.642. The van der Waals surface area contributed by atoms with Crippen molar-refractivity contribution in [2.45, 2.75) is 6.42 Å². The third kappa shape index (κ3) is 4.41. The maximum atomic E-state index is 12.0. The van der Waals surface area contributed by atoms with Gasteiger partial charge >= 0.3 is 0 Å². The van der Waals surface area contributed by atoms with Crippen LogP contribution < -0.4 is 5.32 Å². The number of methoxy groups -OCH3 is 2. The first-order chi connectivity index (χ1) is 10.7. The Bertz CT molecular complexity index is 390. The molecule has 0 aromatic rings. The number of likely N-dealkylation sites (tertiary alicyclic amines) is 1. The number of carbonyl (C=O) groups excluding carboxylic acids is 2. The van der Waals surface area contributed by atoms with Crippen LogP contribution in [0.5, 0.6) is 0 Å². The molecule has 2 heterocycles. The van der Waals surface area contributed by atoms with Crippen LogP contribution in [0.3, 0.4) is 0 Å². The highest BCUT2D eigenvalue weighted by Gasteiger charge is 2.42. The second-order valence-corrected chi connectivity index (χ2v) is 6.00. The standard InChI is InChI=1S/C15H26N2O5/c1-20-4-3-16-14(18)5-11-8-22-9-12-6-17(7-13(11)12)15(19)10-21-2/h11-13H,3-10H2,1-2H3,(H,16,18)/t11-,12-,13-/m1/s1. The van der Waals surface area contributed by atoms with Gasteiger partial charge in [0.15, 0.2) is 0 Å². The summed E-state index contributed by atoms with van der Waals surface area (Å²) in [5.41, 5.74) is 0. The molecule has 2 amide bonds. The van der Waals surface area contributed by atoms with Gasteiger partial charge in [-0.3, -0.25) is 9.59 Å². The van der Waals surface area contributed by atoms with Gasteiger partial charge in [0, 0.05) is 46.2 Å². The molecule has 0 unspecified atom stereocenters. The van der Waals surface area contributed by atoms with Crippen LogP contribution in [0.1, 0.15) is 6.42 Å². The average Bonchev–Trinajstić information content (AvgIpc) is 2.93. The van der Waals surface area contributed by atoms with E-state index in [0.717, 1.165) is 0 Å². The molecule has 2 aliphatic rings. The van der Waals surface area contributed by atoms with E-state index in [1.807, 2.05) is 4.90 Å². The molecule has 22 heavy (non-hydrogen) atoms. The summed E-state index contributed by atoms with van der Waals surface area (Å²) in [6.45, 7) is 3.81. The predicted octanol–water partition coefficient (Wildman–Crippen LogP) is -0.493. The lowest BCUT2D eigenvalue weighted by Gasteiger charge is -2.32. The largest absolute Gasteiger partial charge is 0.383 e. The van der Waals surface area contributed by atoms with Crippen molar-refractivity contribution in [3.8, 4) is 0 Å². The predicted molar refractivity (Wildman–Crippen MR) is 79.2 cm³/mol. The van der Waals surface area contributed by atoms with Crippen LogP contribution in [0.4, 0.5) is 0 Å². The molecular formula is C15H26N2O5. The lowest BCUT2D eigenvalue weighted by atomic mass is 9.81. The average molecular weight is 314 g/mol. The van der Waals surface area contributed by atoms with E-state index in [0.29, 0.717) is 57.7 Å². The van der Waals surface area contributed by atoms with Crippen molar-refractivity contribution in [2.75, 3.05) is 60.3 Å². The van der Waals surface area contributed by atoms with E-state index in [1.54, 1.807) is 7.11 Å². The van der Waals surface area contributed by atoms with Crippen molar-refractivity contribution in [1.29, 1.82) is 0 Å². The van der Waals surface area contributed by atoms with Gasteiger partial charge in [-0.25, -0.2) is 0 Å². The normalized spacial score (nSPS) is 27.5. The minimum Gasteiger partial charge on any atom is -0.383 e. The molecule has 0 aromatic carbocycles. The molecule has 1 N–H and O–H groups in total. The number of nitrogens with zero attached hydrogens (tertiary/aromatic N) is 1. The van der Waals surface area contributed by atoms with Gasteiger partial charge in [0.25, 0.3) is 0 Å². The maximum Gasteiger partial charge on any atom is 0.248 e. The van der Waals surface area contributed by atoms with Crippen molar-refractivity contribution < 1.29 is 23.8 Å². The molecule has 2 fully saturated rings. The summed E-state index contributed by atoms with van der Waals surface area (Å²) in [7, 11) is 3.13. The van der Waals surface area contributed by atoms with Crippen LogP contribution in [0.15, 0.2) is 0 Å². The topological polar surface area (TPSA) is 77.1 Å². The molecule has 7 heteroatoms. The third-order valence-corrected chi connectivity index (χ3v) is 4.46. The van der Waals surface area contributed by atoms with E-state index in [-0.39, 0.29) is 24.3 Å². The Morgan fingerprint density at radius 3 is 2.77 bits per heavy atom. The van der Waals surface area contributed by atoms with Gasteiger partial charge in [0.05, 0.1) is 19.8 Å². The van der Waals surface area contributed by atoms with Gasteiger partial charge in [-0.15, -0.1) is 0 Å². The summed E-state index contributed by atoms with van der Waals surface area (Å²) in [6, 6.07) is 0. The van der Waals surface area contributed by atoms with Gasteiger partial charge < -0.3 is 24.4 Å². The summed E-state index contributed by atoms with van der Waals surface area (Å²) >= 11 is 0. The summed E-state index contributed by atoms with van der Waals surface area (Å²) in [5, 5.41) is 2.85. The van der Waals surface area contributed by atoms with E-state index >= 15 is 0 Å². The molecule has 0 spiro atoms. The molecule has 2 aliphatic heterocycles. The Morgan fingerprint density at radius 2 is 2.05 bits per heavy atom. The van der Waals surface area contributed by atoms with Gasteiger partial charge in [0.2, 0.25) is 11.8 Å². The van der Waals surface area contributed by atoms with Crippen LogP contribution in [-0.4, -0.2) is 77.0 Å². The smallest absolute Gasteiger partial charge is 0.248 e. The highest BCUT2D eigenvalue weighted by molar-refractivity contribution is 5.78. The molecule has 2 saturated heterocycles. The fraction of sp³-hybridized carbons (Fsp3) is 0.867. The molecule has 0 radical (unpaired) electrons. The van der Waals surface area contributed by atoms with Crippen molar-refractivity contribution in [1.82, 2.24) is 10.2 Å². The van der Waals surface area contributed by atoms with E-state index < -0.39 is 0 Å². The molecule has 7 nitrogen and oxygen atoms in total. The number of hydrogen-bond acceptors (Lipinski definition) is 5. The van der Waals surface area contributed by atoms with E-state index in [1.165, 1.54) is 7.11 Å². The molecule has 126 valence electrons. The van der Waals surface area contributed by atoms with Gasteiger partial charge in [-0.2, -0.15) is 0 Å². The number of nitrogens with one attached hydrogen (secondary N) is 1. The first-order valence-corrected chi connectivity index (χ1v) is 7.75. The van der Waals surface area contributed by atoms with Gasteiger partial charge in [0.1, 0.15) is 6.61 Å². The monoisotopic (exact) mass is 314 g/mol. The summed E-state index contributed by atoms with van der Waals surface area (Å²) in [5.74, 6) is 0.865. The lowest BCUT2D eigenvalue weighted by molar-refractivity contribution is -0.134. The van der Waals surface area contributed by atoms with Crippen LogP contribution >= 0.6 is 0 Å². The number of rotatable bonds is 7. The minimum absolute atomic E-state index is 0.0141. The fourth-order valence-electron chi connectivity index (χ4n) is 3.33. The second kappa shape index (κ2) is 8.45. The van der Waals surface area contributed by atoms with Crippen LogP contribution in [0.2, 0.25) is 0 Å². The molecule has 2 rings (SSSR count). The Labute approximate surface area is 131 Å². The van der Waals surface area contributed by atoms with Gasteiger partial charge in [-0.05, 0) is 11.8 Å². The van der Waals surface area contributed by atoms with Crippen molar-refractivity contribution in [3.63, 3.8) is 0 Å². The van der Waals surface area contributed by atoms with Crippen LogP contribution in [0, 0.1) is 17.8 Å². The van der Waals surface area contributed by atoms with Crippen molar-refractivity contribution in [2.24, 2.45) is 17.8 Å². The highest BCUT2D eigenvalue weighted by atomic mass is 16.5. The fourth-order valence-corrected chi connectivity index (χ4v) is 3.33. The second-order valence-electron chi connectivity index (χ2n) is 6.00. The van der Waals surface area contributed by atoms with Crippen LogP contribution in [0.25, 0.3) is 0 Å².